The van der Waals surface area contributed by atoms with Gasteiger partial charge in [0.1, 0.15) is 29.4 Å². The van der Waals surface area contributed by atoms with Crippen LogP contribution in [-0.4, -0.2) is 32.8 Å². The number of hydrogen-bond acceptors (Lipinski definition) is 6. The van der Waals surface area contributed by atoms with E-state index in [4.69, 9.17) is 9.47 Å². The van der Waals surface area contributed by atoms with Gasteiger partial charge in [0.05, 0.1) is 30.9 Å². The Morgan fingerprint density at radius 1 is 1.03 bits per heavy atom. The third kappa shape index (κ3) is 2.71. The summed E-state index contributed by atoms with van der Waals surface area (Å²) in [6.07, 6.45) is 2.37. The third-order valence-corrected chi connectivity index (χ3v) is 5.58. The second-order valence-corrected chi connectivity index (χ2v) is 7.39. The highest BCUT2D eigenvalue weighted by atomic mass is 19.1. The number of hydrogen-bond donors (Lipinski definition) is 1. The molecule has 1 aromatic carbocycles. The third-order valence-electron chi connectivity index (χ3n) is 5.58. The van der Waals surface area contributed by atoms with E-state index in [-0.39, 0.29) is 30.6 Å². The summed E-state index contributed by atoms with van der Waals surface area (Å²) in [6.45, 7) is 0.780. The molecule has 4 aromatic rings. The summed E-state index contributed by atoms with van der Waals surface area (Å²) in [7, 11) is 0. The van der Waals surface area contributed by atoms with Crippen LogP contribution < -0.4 is 14.8 Å². The lowest BCUT2D eigenvalue weighted by Crippen LogP contribution is -2.13. The molecular weight excluding hydrogens is 411 g/mol. The molecule has 0 spiro atoms. The van der Waals surface area contributed by atoms with Crippen molar-refractivity contribution in [2.45, 2.75) is 12.5 Å². The number of fused-ring (bicyclic) bond motifs is 3. The van der Waals surface area contributed by atoms with Crippen LogP contribution in [0, 0.1) is 17.5 Å². The average molecular weight is 425 g/mol. The van der Waals surface area contributed by atoms with Gasteiger partial charge < -0.3 is 14.8 Å². The molecule has 6 rings (SSSR count). The summed E-state index contributed by atoms with van der Waals surface area (Å²) in [5.74, 6) is -0.585. The van der Waals surface area contributed by atoms with Crippen LogP contribution in [-0.2, 0) is 6.54 Å². The maximum absolute atomic E-state index is 14.6. The highest BCUT2D eigenvalue weighted by Gasteiger charge is 2.32. The van der Waals surface area contributed by atoms with Crippen LogP contribution >= 0.6 is 0 Å². The molecule has 2 aliphatic rings. The fourth-order valence-electron chi connectivity index (χ4n) is 4.17. The molecule has 1 N–H and O–H groups in total. The summed E-state index contributed by atoms with van der Waals surface area (Å²) < 4.78 is 55.9. The topological polar surface area (TPSA) is 73.6 Å². The molecule has 0 aliphatic carbocycles. The molecule has 0 amide bonds. The molecule has 2 aliphatic heterocycles. The van der Waals surface area contributed by atoms with Crippen molar-refractivity contribution in [1.82, 2.24) is 19.6 Å². The lowest BCUT2D eigenvalue weighted by molar-refractivity contribution is 0.249. The zero-order valence-corrected chi connectivity index (χ0v) is 15.9. The van der Waals surface area contributed by atoms with Gasteiger partial charge >= 0.3 is 0 Å². The number of nitrogens with one attached hydrogen (secondary N) is 1. The molecule has 1 atom stereocenters. The first kappa shape index (κ1) is 18.0. The van der Waals surface area contributed by atoms with E-state index in [1.165, 1.54) is 12.4 Å². The summed E-state index contributed by atoms with van der Waals surface area (Å²) in [5.41, 5.74) is 1.81. The molecular formula is C21H14F3N5O2. The first-order chi connectivity index (χ1) is 15.1. The van der Waals surface area contributed by atoms with Crippen LogP contribution in [0.1, 0.15) is 17.0 Å². The normalized spacial score (nSPS) is 16.9. The van der Waals surface area contributed by atoms with E-state index in [2.05, 4.69) is 20.5 Å². The van der Waals surface area contributed by atoms with E-state index in [1.54, 1.807) is 16.5 Å². The van der Waals surface area contributed by atoms with Gasteiger partial charge in [-0.15, -0.1) is 10.2 Å². The van der Waals surface area contributed by atoms with Gasteiger partial charge in [-0.25, -0.2) is 18.2 Å². The predicted octanol–water partition coefficient (Wildman–Crippen LogP) is 3.69. The van der Waals surface area contributed by atoms with Gasteiger partial charge in [-0.3, -0.25) is 4.40 Å². The van der Waals surface area contributed by atoms with Crippen LogP contribution in [0.5, 0.6) is 11.5 Å². The van der Waals surface area contributed by atoms with Crippen LogP contribution in [0.4, 0.5) is 19.0 Å². The van der Waals surface area contributed by atoms with Gasteiger partial charge in [0.2, 0.25) is 0 Å². The van der Waals surface area contributed by atoms with Crippen molar-refractivity contribution in [3.63, 3.8) is 0 Å². The molecule has 156 valence electrons. The largest absolute Gasteiger partial charge is 0.493 e. The molecule has 1 unspecified atom stereocenters. The predicted molar refractivity (Wildman–Crippen MR) is 104 cm³/mol. The van der Waals surface area contributed by atoms with Crippen molar-refractivity contribution < 1.29 is 22.6 Å². The smallest absolute Gasteiger partial charge is 0.172 e. The van der Waals surface area contributed by atoms with E-state index in [0.717, 1.165) is 17.8 Å². The number of halogens is 3. The number of rotatable bonds is 1. The molecule has 0 fully saturated rings. The molecule has 10 heteroatoms. The van der Waals surface area contributed by atoms with E-state index in [1.807, 2.05) is 0 Å². The molecule has 31 heavy (non-hydrogen) atoms. The fourth-order valence-corrected chi connectivity index (χ4v) is 4.17. The molecule has 5 heterocycles. The summed E-state index contributed by atoms with van der Waals surface area (Å²) in [6, 6.07) is 5.35. The quantitative estimate of drug-likeness (QED) is 0.502. The maximum Gasteiger partial charge on any atom is 0.172 e. The zero-order valence-electron chi connectivity index (χ0n) is 15.9. The molecule has 0 saturated heterocycles. The Bertz CT molecular complexity index is 1360. The molecule has 7 nitrogen and oxygen atoms in total. The SMILES string of the molecule is Fc1cnc(-c2cc3c(n4cnnc24)NCc2c(F)ccc4c2C(CO4)CO3)c(F)c1. The van der Waals surface area contributed by atoms with Crippen molar-refractivity contribution in [2.75, 3.05) is 18.5 Å². The van der Waals surface area contributed by atoms with Gasteiger partial charge in [-0.2, -0.15) is 0 Å². The lowest BCUT2D eigenvalue weighted by atomic mass is 9.96. The van der Waals surface area contributed by atoms with E-state index in [9.17, 15) is 13.2 Å². The number of anilines is 1. The Morgan fingerprint density at radius 2 is 1.87 bits per heavy atom. The van der Waals surface area contributed by atoms with Crippen molar-refractivity contribution in [2.24, 2.45) is 0 Å². The van der Waals surface area contributed by atoms with Gasteiger partial charge in [0.25, 0.3) is 0 Å². The molecule has 0 radical (unpaired) electrons. The Labute approximate surface area is 173 Å². The van der Waals surface area contributed by atoms with Gasteiger partial charge in [-0.1, -0.05) is 0 Å². The summed E-state index contributed by atoms with van der Waals surface area (Å²) in [5, 5.41) is 11.2. The number of pyridine rings is 2. The highest BCUT2D eigenvalue weighted by molar-refractivity contribution is 5.80. The average Bonchev–Trinajstić information content (AvgIpc) is 3.40. The number of nitrogens with zero attached hydrogens (tertiary/aromatic N) is 4. The maximum atomic E-state index is 14.6. The van der Waals surface area contributed by atoms with E-state index < -0.39 is 11.6 Å². The Hall–Kier alpha value is -3.82. The highest BCUT2D eigenvalue weighted by Crippen LogP contribution is 2.41. The first-order valence-electron chi connectivity index (χ1n) is 9.59. The second-order valence-electron chi connectivity index (χ2n) is 7.39. The minimum Gasteiger partial charge on any atom is -0.493 e. The van der Waals surface area contributed by atoms with Crippen molar-refractivity contribution in [3.05, 3.63) is 65.4 Å². The van der Waals surface area contributed by atoms with Crippen LogP contribution in [0.2, 0.25) is 0 Å². The minimum atomic E-state index is -0.829. The second kappa shape index (κ2) is 6.59. The van der Waals surface area contributed by atoms with Crippen molar-refractivity contribution in [1.29, 1.82) is 0 Å². The summed E-state index contributed by atoms with van der Waals surface area (Å²) in [4.78, 5) is 3.89. The van der Waals surface area contributed by atoms with Gasteiger partial charge in [0.15, 0.2) is 23.0 Å². The Morgan fingerprint density at radius 3 is 2.71 bits per heavy atom. The monoisotopic (exact) mass is 425 g/mol. The first-order valence-corrected chi connectivity index (χ1v) is 9.59. The Balaban J connectivity index is 1.53. The van der Waals surface area contributed by atoms with Crippen molar-refractivity contribution in [3.8, 4) is 22.8 Å². The number of benzene rings is 1. The standard InChI is InChI=1S/C21H14F3N5O2/c22-11-3-15(24)19(25-5-11)12-4-17-21(29-9-27-28-20(12)29)26-6-13-14(23)1-2-16-18(13)10(7-30-16)8-31-17/h1-5,9-10,26H,6-8H2. The van der Waals surface area contributed by atoms with Crippen LogP contribution in [0.15, 0.2) is 36.8 Å². The van der Waals surface area contributed by atoms with Crippen LogP contribution in [0.3, 0.4) is 0 Å². The number of aromatic nitrogens is 4. The van der Waals surface area contributed by atoms with Crippen molar-refractivity contribution >= 4 is 11.5 Å². The number of ether oxygens (including phenoxy) is 2. The van der Waals surface area contributed by atoms with Crippen LogP contribution in [0.25, 0.3) is 16.9 Å². The molecule has 0 saturated carbocycles. The lowest BCUT2D eigenvalue weighted by Gasteiger charge is -2.16. The van der Waals surface area contributed by atoms with Gasteiger partial charge in [-0.05, 0) is 18.2 Å². The fraction of sp³-hybridized carbons (Fsp3) is 0.190. The van der Waals surface area contributed by atoms with Gasteiger partial charge in [0, 0.05) is 23.7 Å². The molecule has 0 bridgehead atoms. The van der Waals surface area contributed by atoms with E-state index in [0.29, 0.717) is 40.7 Å². The Kier molecular flexibility index (Phi) is 3.83. The van der Waals surface area contributed by atoms with E-state index >= 15 is 0 Å². The molecule has 3 aromatic heterocycles. The zero-order chi connectivity index (χ0) is 21.1. The summed E-state index contributed by atoms with van der Waals surface area (Å²) >= 11 is 0. The minimum absolute atomic E-state index is 0.0773.